The lowest BCUT2D eigenvalue weighted by Gasteiger charge is -2.28. The van der Waals surface area contributed by atoms with Crippen LogP contribution in [-0.2, 0) is 6.42 Å². The Morgan fingerprint density at radius 3 is 2.88 bits per heavy atom. The maximum atomic E-state index is 4.44. The van der Waals surface area contributed by atoms with Gasteiger partial charge < -0.3 is 4.90 Å². The zero-order valence-electron chi connectivity index (χ0n) is 10.2. The van der Waals surface area contributed by atoms with Crippen molar-refractivity contribution in [3.63, 3.8) is 0 Å². The number of benzene rings is 1. The summed E-state index contributed by atoms with van der Waals surface area (Å²) in [5, 5.41) is 0. The Morgan fingerprint density at radius 2 is 2.19 bits per heavy atom. The topological polar surface area (TPSA) is 3.24 Å². The van der Waals surface area contributed by atoms with Crippen molar-refractivity contribution in [1.29, 1.82) is 0 Å². The van der Waals surface area contributed by atoms with Gasteiger partial charge in [0.1, 0.15) is 0 Å². The first-order chi connectivity index (χ1) is 7.76. The van der Waals surface area contributed by atoms with Gasteiger partial charge >= 0.3 is 0 Å². The summed E-state index contributed by atoms with van der Waals surface area (Å²) in [5.74, 6) is 1.69. The van der Waals surface area contributed by atoms with Crippen LogP contribution in [0.25, 0.3) is 0 Å². The number of hydrogen-bond donors (Lipinski definition) is 1. The van der Waals surface area contributed by atoms with Crippen LogP contribution < -0.4 is 4.90 Å². The molecule has 0 saturated carbocycles. The first-order valence-electron chi connectivity index (χ1n) is 6.21. The van der Waals surface area contributed by atoms with Gasteiger partial charge in [-0.2, -0.15) is 12.6 Å². The highest BCUT2D eigenvalue weighted by Gasteiger charge is 2.26. The summed E-state index contributed by atoms with van der Waals surface area (Å²) >= 11 is 4.44. The van der Waals surface area contributed by atoms with Crippen LogP contribution in [0.15, 0.2) is 24.3 Å². The number of fused-ring (bicyclic) bond motifs is 1. The third-order valence-corrected chi connectivity index (χ3v) is 4.16. The predicted molar refractivity (Wildman–Crippen MR) is 74.6 cm³/mol. The molecule has 2 rings (SSSR count). The van der Waals surface area contributed by atoms with Gasteiger partial charge in [-0.15, -0.1) is 0 Å². The molecule has 0 aromatic heterocycles. The third kappa shape index (κ3) is 2.22. The van der Waals surface area contributed by atoms with Gasteiger partial charge in [-0.25, -0.2) is 0 Å². The van der Waals surface area contributed by atoms with Gasteiger partial charge in [0.2, 0.25) is 0 Å². The fraction of sp³-hybridized carbons (Fsp3) is 0.571. The van der Waals surface area contributed by atoms with E-state index in [4.69, 9.17) is 0 Å². The van der Waals surface area contributed by atoms with Crippen LogP contribution in [0, 0.1) is 5.92 Å². The summed E-state index contributed by atoms with van der Waals surface area (Å²) in [7, 11) is 0. The smallest absolute Gasteiger partial charge is 0.0402 e. The van der Waals surface area contributed by atoms with Gasteiger partial charge in [-0.3, -0.25) is 0 Å². The molecule has 1 aromatic rings. The molecule has 0 amide bonds. The molecule has 0 aliphatic carbocycles. The van der Waals surface area contributed by atoms with E-state index < -0.39 is 0 Å². The number of hydrogen-bond acceptors (Lipinski definition) is 2. The van der Waals surface area contributed by atoms with Crippen LogP contribution in [0.3, 0.4) is 0 Å². The van der Waals surface area contributed by atoms with Crippen LogP contribution in [0.5, 0.6) is 0 Å². The summed E-state index contributed by atoms with van der Waals surface area (Å²) in [5.41, 5.74) is 2.94. The second-order valence-corrected chi connectivity index (χ2v) is 5.16. The Morgan fingerprint density at radius 1 is 1.44 bits per heavy atom. The van der Waals surface area contributed by atoms with Crippen molar-refractivity contribution in [2.45, 2.75) is 32.7 Å². The normalized spacial score (nSPS) is 20.9. The van der Waals surface area contributed by atoms with E-state index in [-0.39, 0.29) is 0 Å². The lowest BCUT2D eigenvalue weighted by Crippen LogP contribution is -2.34. The number of para-hydroxylation sites is 1. The molecular weight excluding hydrogens is 214 g/mol. The molecule has 2 unspecified atom stereocenters. The summed E-state index contributed by atoms with van der Waals surface area (Å²) in [6.45, 7) is 5.73. The van der Waals surface area contributed by atoms with Gasteiger partial charge in [0.25, 0.3) is 0 Å². The van der Waals surface area contributed by atoms with Crippen LogP contribution in [0.1, 0.15) is 25.8 Å². The van der Waals surface area contributed by atoms with Gasteiger partial charge in [0.05, 0.1) is 0 Å². The predicted octanol–water partition coefficient (Wildman–Crippen LogP) is 3.39. The van der Waals surface area contributed by atoms with Crippen molar-refractivity contribution in [3.8, 4) is 0 Å². The number of thiol groups is 1. The fourth-order valence-corrected chi connectivity index (χ4v) is 2.88. The molecule has 1 nitrogen and oxygen atoms in total. The average Bonchev–Trinajstić information content (AvgIpc) is 2.62. The second-order valence-electron chi connectivity index (χ2n) is 4.79. The lowest BCUT2D eigenvalue weighted by atomic mass is 10.1. The van der Waals surface area contributed by atoms with E-state index >= 15 is 0 Å². The molecule has 0 fully saturated rings. The molecule has 1 aliphatic heterocycles. The van der Waals surface area contributed by atoms with E-state index in [0.717, 1.165) is 12.3 Å². The summed E-state index contributed by atoms with van der Waals surface area (Å²) in [4.78, 5) is 2.56. The summed E-state index contributed by atoms with van der Waals surface area (Å²) in [6.07, 6.45) is 2.41. The van der Waals surface area contributed by atoms with E-state index in [9.17, 15) is 0 Å². The van der Waals surface area contributed by atoms with Crippen LogP contribution >= 0.6 is 12.6 Å². The van der Waals surface area contributed by atoms with Gasteiger partial charge in [0.15, 0.2) is 0 Å². The van der Waals surface area contributed by atoms with Crippen molar-refractivity contribution < 1.29 is 0 Å². The molecule has 0 radical (unpaired) electrons. The highest BCUT2D eigenvalue weighted by molar-refractivity contribution is 7.80. The number of nitrogens with zero attached hydrogens (tertiary/aromatic N) is 1. The highest BCUT2D eigenvalue weighted by atomic mass is 32.1. The maximum absolute atomic E-state index is 4.44. The molecule has 2 heteroatoms. The minimum Gasteiger partial charge on any atom is -0.368 e. The highest BCUT2D eigenvalue weighted by Crippen LogP contribution is 2.32. The maximum Gasteiger partial charge on any atom is 0.0402 e. The fourth-order valence-electron chi connectivity index (χ4n) is 2.50. The van der Waals surface area contributed by atoms with Crippen LogP contribution in [0.4, 0.5) is 5.69 Å². The molecule has 1 aromatic carbocycles. The average molecular weight is 235 g/mol. The van der Waals surface area contributed by atoms with Crippen molar-refractivity contribution in [1.82, 2.24) is 0 Å². The SMILES string of the molecule is CCC(CS)CN1c2ccccc2CC1C. The molecule has 0 saturated heterocycles. The second kappa shape index (κ2) is 5.13. The molecule has 1 aliphatic rings. The molecule has 2 atom stereocenters. The summed E-state index contributed by atoms with van der Waals surface area (Å²) < 4.78 is 0. The van der Waals surface area contributed by atoms with E-state index in [2.05, 4.69) is 55.6 Å². The lowest BCUT2D eigenvalue weighted by molar-refractivity contribution is 0.528. The van der Waals surface area contributed by atoms with E-state index in [0.29, 0.717) is 12.0 Å². The molecule has 0 bridgehead atoms. The third-order valence-electron chi connectivity index (χ3n) is 3.64. The van der Waals surface area contributed by atoms with Crippen molar-refractivity contribution in [2.75, 3.05) is 17.2 Å². The minimum absolute atomic E-state index is 0.645. The standard InChI is InChI=1S/C14H21NS/c1-3-12(10-16)9-15-11(2)8-13-6-4-5-7-14(13)15/h4-7,11-12,16H,3,8-10H2,1-2H3. The zero-order chi connectivity index (χ0) is 11.5. The van der Waals surface area contributed by atoms with Crippen molar-refractivity contribution >= 4 is 18.3 Å². The Kier molecular flexibility index (Phi) is 3.80. The molecule has 1 heterocycles. The van der Waals surface area contributed by atoms with Gasteiger partial charge in [-0.05, 0) is 36.6 Å². The van der Waals surface area contributed by atoms with Gasteiger partial charge in [-0.1, -0.05) is 31.5 Å². The summed E-state index contributed by atoms with van der Waals surface area (Å²) in [6, 6.07) is 9.44. The monoisotopic (exact) mass is 235 g/mol. The Labute approximate surface area is 104 Å². The van der Waals surface area contributed by atoms with Crippen LogP contribution in [0.2, 0.25) is 0 Å². The van der Waals surface area contributed by atoms with Crippen LogP contribution in [-0.4, -0.2) is 18.3 Å². The molecule has 0 N–H and O–H groups in total. The molecule has 0 spiro atoms. The first kappa shape index (κ1) is 11.8. The zero-order valence-corrected chi connectivity index (χ0v) is 11.1. The Bertz CT molecular complexity index is 346. The minimum atomic E-state index is 0.645. The number of rotatable bonds is 4. The molecule has 16 heavy (non-hydrogen) atoms. The van der Waals surface area contributed by atoms with Crippen molar-refractivity contribution in [2.24, 2.45) is 5.92 Å². The first-order valence-corrected chi connectivity index (χ1v) is 6.85. The quantitative estimate of drug-likeness (QED) is 0.783. The van der Waals surface area contributed by atoms with E-state index in [1.54, 1.807) is 0 Å². The largest absolute Gasteiger partial charge is 0.368 e. The number of anilines is 1. The van der Waals surface area contributed by atoms with Crippen molar-refractivity contribution in [3.05, 3.63) is 29.8 Å². The van der Waals surface area contributed by atoms with E-state index in [1.807, 2.05) is 0 Å². The Hall–Kier alpha value is -0.630. The molecule has 88 valence electrons. The van der Waals surface area contributed by atoms with Gasteiger partial charge in [0, 0.05) is 18.3 Å². The van der Waals surface area contributed by atoms with E-state index in [1.165, 1.54) is 24.1 Å². The molecular formula is C14H21NS. The Balaban J connectivity index is 2.15.